The third kappa shape index (κ3) is 2.58. The Morgan fingerprint density at radius 1 is 1.44 bits per heavy atom. The van der Waals surface area contributed by atoms with Crippen LogP contribution < -0.4 is 11.3 Å². The highest BCUT2D eigenvalue weighted by molar-refractivity contribution is 5.27. The van der Waals surface area contributed by atoms with Gasteiger partial charge in [0, 0.05) is 7.11 Å². The Morgan fingerprint density at radius 2 is 2.06 bits per heavy atom. The van der Waals surface area contributed by atoms with E-state index in [1.165, 1.54) is 6.07 Å². The quantitative estimate of drug-likeness (QED) is 0.610. The van der Waals surface area contributed by atoms with Crippen LogP contribution in [0.4, 0.5) is 4.39 Å². The van der Waals surface area contributed by atoms with Gasteiger partial charge in [0.05, 0.1) is 11.6 Å². The minimum absolute atomic E-state index is 0.232. The molecule has 0 aliphatic carbocycles. The van der Waals surface area contributed by atoms with Crippen molar-refractivity contribution >= 4 is 0 Å². The van der Waals surface area contributed by atoms with Crippen LogP contribution in [0.2, 0.25) is 0 Å². The maximum atomic E-state index is 13.5. The minimum Gasteiger partial charge on any atom is -0.377 e. The highest BCUT2D eigenvalue weighted by Gasteiger charge is 2.30. The average molecular weight is 226 g/mol. The summed E-state index contributed by atoms with van der Waals surface area (Å²) in [5, 5.41) is 0. The molecule has 0 fully saturated rings. The van der Waals surface area contributed by atoms with Gasteiger partial charge in [0.1, 0.15) is 5.82 Å². The summed E-state index contributed by atoms with van der Waals surface area (Å²) in [4.78, 5) is 0. The molecule has 4 heteroatoms. The van der Waals surface area contributed by atoms with E-state index < -0.39 is 5.60 Å². The van der Waals surface area contributed by atoms with Gasteiger partial charge in [-0.15, -0.1) is 0 Å². The van der Waals surface area contributed by atoms with E-state index in [2.05, 4.69) is 5.43 Å². The molecule has 0 heterocycles. The zero-order chi connectivity index (χ0) is 12.3. The Balaban J connectivity index is 3.09. The number of nitrogens with two attached hydrogens (primary N) is 1. The Labute approximate surface area is 95.8 Å². The lowest BCUT2D eigenvalue weighted by Gasteiger charge is -2.33. The second-order valence-electron chi connectivity index (χ2n) is 4.42. The van der Waals surface area contributed by atoms with Crippen LogP contribution in [0.15, 0.2) is 18.2 Å². The molecule has 3 N–H and O–H groups in total. The first-order chi connectivity index (χ1) is 7.42. The molecule has 0 amide bonds. The van der Waals surface area contributed by atoms with Crippen LogP contribution in [0, 0.1) is 12.7 Å². The summed E-state index contributed by atoms with van der Waals surface area (Å²) in [5.41, 5.74) is 3.56. The van der Waals surface area contributed by atoms with Gasteiger partial charge >= 0.3 is 0 Å². The SMILES string of the molecule is COC(C)(C)C(NN)c1ccc(C)c(F)c1. The zero-order valence-electron chi connectivity index (χ0n) is 10.2. The minimum atomic E-state index is -0.504. The molecule has 0 bridgehead atoms. The molecule has 1 atom stereocenters. The van der Waals surface area contributed by atoms with Crippen molar-refractivity contribution in [1.82, 2.24) is 5.43 Å². The van der Waals surface area contributed by atoms with Crippen LogP contribution in [0.25, 0.3) is 0 Å². The molecule has 0 saturated heterocycles. The van der Waals surface area contributed by atoms with Crippen molar-refractivity contribution in [2.75, 3.05) is 7.11 Å². The van der Waals surface area contributed by atoms with E-state index in [1.807, 2.05) is 19.9 Å². The van der Waals surface area contributed by atoms with Crippen LogP contribution in [-0.4, -0.2) is 12.7 Å². The van der Waals surface area contributed by atoms with E-state index in [1.54, 1.807) is 20.1 Å². The summed E-state index contributed by atoms with van der Waals surface area (Å²) in [7, 11) is 1.61. The van der Waals surface area contributed by atoms with E-state index in [4.69, 9.17) is 10.6 Å². The van der Waals surface area contributed by atoms with Crippen LogP contribution in [0.3, 0.4) is 0 Å². The van der Waals surface area contributed by atoms with Crippen LogP contribution in [-0.2, 0) is 4.74 Å². The van der Waals surface area contributed by atoms with E-state index in [-0.39, 0.29) is 11.9 Å². The van der Waals surface area contributed by atoms with Gasteiger partial charge in [0.15, 0.2) is 0 Å². The van der Waals surface area contributed by atoms with E-state index in [9.17, 15) is 4.39 Å². The van der Waals surface area contributed by atoms with E-state index in [0.717, 1.165) is 5.56 Å². The number of hydrazine groups is 1. The number of hydrogen-bond donors (Lipinski definition) is 2. The highest BCUT2D eigenvalue weighted by Crippen LogP contribution is 2.28. The maximum Gasteiger partial charge on any atom is 0.126 e. The summed E-state index contributed by atoms with van der Waals surface area (Å²) in [6, 6.07) is 4.82. The first kappa shape index (κ1) is 13.1. The van der Waals surface area contributed by atoms with Crippen LogP contribution in [0.1, 0.15) is 31.0 Å². The van der Waals surface area contributed by atoms with Gasteiger partial charge in [-0.1, -0.05) is 12.1 Å². The molecule has 1 aromatic carbocycles. The number of aryl methyl sites for hydroxylation is 1. The Kier molecular flexibility index (Phi) is 4.02. The Hall–Kier alpha value is -0.970. The summed E-state index contributed by atoms with van der Waals surface area (Å²) in [6.45, 7) is 5.52. The lowest BCUT2D eigenvalue weighted by Crippen LogP contribution is -2.44. The number of rotatable bonds is 4. The maximum absolute atomic E-state index is 13.5. The third-order valence-corrected chi connectivity index (χ3v) is 2.92. The topological polar surface area (TPSA) is 47.3 Å². The van der Waals surface area contributed by atoms with Gasteiger partial charge in [-0.05, 0) is 38.0 Å². The number of methoxy groups -OCH3 is 1. The van der Waals surface area contributed by atoms with Crippen molar-refractivity contribution in [1.29, 1.82) is 0 Å². The molecule has 0 aromatic heterocycles. The number of ether oxygens (including phenoxy) is 1. The van der Waals surface area contributed by atoms with Crippen molar-refractivity contribution in [3.05, 3.63) is 35.1 Å². The van der Waals surface area contributed by atoms with Crippen molar-refractivity contribution in [3.63, 3.8) is 0 Å². The van der Waals surface area contributed by atoms with Crippen LogP contribution >= 0.6 is 0 Å². The molecule has 1 rings (SSSR count). The molecule has 0 aliphatic rings. The fourth-order valence-corrected chi connectivity index (χ4v) is 1.60. The predicted octanol–water partition coefficient (Wildman–Crippen LogP) is 2.06. The lowest BCUT2D eigenvalue weighted by molar-refractivity contribution is -0.0112. The van der Waals surface area contributed by atoms with Gasteiger partial charge in [0.2, 0.25) is 0 Å². The highest BCUT2D eigenvalue weighted by atomic mass is 19.1. The fourth-order valence-electron chi connectivity index (χ4n) is 1.60. The van der Waals surface area contributed by atoms with Crippen molar-refractivity contribution in [2.45, 2.75) is 32.4 Å². The molecule has 90 valence electrons. The number of benzene rings is 1. The fraction of sp³-hybridized carbons (Fsp3) is 0.500. The normalized spacial score (nSPS) is 13.9. The molecule has 1 unspecified atom stereocenters. The Morgan fingerprint density at radius 3 is 2.50 bits per heavy atom. The van der Waals surface area contributed by atoms with Gasteiger partial charge in [-0.25, -0.2) is 4.39 Å². The number of halogens is 1. The largest absolute Gasteiger partial charge is 0.377 e. The van der Waals surface area contributed by atoms with Gasteiger partial charge in [0.25, 0.3) is 0 Å². The number of nitrogens with one attached hydrogen (secondary N) is 1. The standard InChI is InChI=1S/C12H19FN2O/c1-8-5-6-9(7-10(8)13)11(15-14)12(2,3)16-4/h5-7,11,15H,14H2,1-4H3. The van der Waals surface area contributed by atoms with E-state index >= 15 is 0 Å². The first-order valence-corrected chi connectivity index (χ1v) is 5.19. The second-order valence-corrected chi connectivity index (χ2v) is 4.42. The van der Waals surface area contributed by atoms with Crippen molar-refractivity contribution in [2.24, 2.45) is 5.84 Å². The van der Waals surface area contributed by atoms with Crippen molar-refractivity contribution < 1.29 is 9.13 Å². The molecular weight excluding hydrogens is 207 g/mol. The summed E-state index contributed by atoms with van der Waals surface area (Å²) >= 11 is 0. The number of hydrogen-bond acceptors (Lipinski definition) is 3. The summed E-state index contributed by atoms with van der Waals surface area (Å²) in [5.74, 6) is 5.27. The summed E-state index contributed by atoms with van der Waals surface area (Å²) in [6.07, 6.45) is 0. The molecule has 0 radical (unpaired) electrons. The molecular formula is C12H19FN2O. The first-order valence-electron chi connectivity index (χ1n) is 5.19. The second kappa shape index (κ2) is 4.91. The Bertz CT molecular complexity index is 366. The van der Waals surface area contributed by atoms with Crippen molar-refractivity contribution in [3.8, 4) is 0 Å². The molecule has 0 spiro atoms. The lowest BCUT2D eigenvalue weighted by atomic mass is 9.91. The molecule has 3 nitrogen and oxygen atoms in total. The third-order valence-electron chi connectivity index (χ3n) is 2.92. The smallest absolute Gasteiger partial charge is 0.126 e. The molecule has 0 saturated carbocycles. The van der Waals surface area contributed by atoms with Gasteiger partial charge in [-0.3, -0.25) is 11.3 Å². The monoisotopic (exact) mass is 226 g/mol. The predicted molar refractivity (Wildman–Crippen MR) is 62.3 cm³/mol. The molecule has 0 aliphatic heterocycles. The molecule has 1 aromatic rings. The van der Waals surface area contributed by atoms with E-state index in [0.29, 0.717) is 5.56 Å². The zero-order valence-corrected chi connectivity index (χ0v) is 10.2. The average Bonchev–Trinajstić information content (AvgIpc) is 2.24. The van der Waals surface area contributed by atoms with Crippen LogP contribution in [0.5, 0.6) is 0 Å². The van der Waals surface area contributed by atoms with Gasteiger partial charge < -0.3 is 4.74 Å². The molecule has 16 heavy (non-hydrogen) atoms. The van der Waals surface area contributed by atoms with Gasteiger partial charge in [-0.2, -0.15) is 0 Å². The summed E-state index contributed by atoms with van der Waals surface area (Å²) < 4.78 is 18.8.